The minimum atomic E-state index is -0.368. The Hall–Kier alpha value is -3.71. The van der Waals surface area contributed by atoms with Crippen molar-refractivity contribution in [1.29, 1.82) is 0 Å². The predicted molar refractivity (Wildman–Crippen MR) is 122 cm³/mol. The molecule has 0 amide bonds. The van der Waals surface area contributed by atoms with Crippen molar-refractivity contribution in [2.75, 3.05) is 0 Å². The van der Waals surface area contributed by atoms with Crippen molar-refractivity contribution in [2.24, 2.45) is 0 Å². The highest BCUT2D eigenvalue weighted by molar-refractivity contribution is 7.15. The Bertz CT molecular complexity index is 1540. The molecule has 0 saturated heterocycles. The van der Waals surface area contributed by atoms with Crippen LogP contribution in [0, 0.1) is 11.6 Å². The maximum atomic E-state index is 14.8. The van der Waals surface area contributed by atoms with E-state index in [2.05, 4.69) is 10.1 Å². The summed E-state index contributed by atoms with van der Waals surface area (Å²) in [6.07, 6.45) is 1.62. The molecule has 1 atom stereocenters. The van der Waals surface area contributed by atoms with E-state index in [1.54, 1.807) is 24.3 Å². The number of hydrogen-bond acceptors (Lipinski definition) is 4. The molecular formula is C25H17F2N3OS. The van der Waals surface area contributed by atoms with Crippen molar-refractivity contribution in [3.63, 3.8) is 0 Å². The molecule has 0 radical (unpaired) electrons. The van der Waals surface area contributed by atoms with E-state index in [-0.39, 0.29) is 23.1 Å². The lowest BCUT2D eigenvalue weighted by molar-refractivity contribution is 0.626. The highest BCUT2D eigenvalue weighted by Crippen LogP contribution is 2.28. The molecule has 32 heavy (non-hydrogen) atoms. The van der Waals surface area contributed by atoms with Crippen LogP contribution in [0.3, 0.4) is 0 Å². The molecule has 158 valence electrons. The van der Waals surface area contributed by atoms with Gasteiger partial charge in [-0.25, -0.2) is 13.8 Å². The van der Waals surface area contributed by atoms with Crippen LogP contribution in [-0.4, -0.2) is 14.6 Å². The van der Waals surface area contributed by atoms with Gasteiger partial charge < -0.3 is 0 Å². The van der Waals surface area contributed by atoms with E-state index in [1.807, 2.05) is 43.3 Å². The molecular weight excluding hydrogens is 428 g/mol. The van der Waals surface area contributed by atoms with Crippen molar-refractivity contribution in [2.45, 2.75) is 12.8 Å². The van der Waals surface area contributed by atoms with Gasteiger partial charge in [0.1, 0.15) is 11.6 Å². The van der Waals surface area contributed by atoms with Gasteiger partial charge in [0.25, 0.3) is 5.56 Å². The number of hydrogen-bond donors (Lipinski definition) is 0. The molecule has 0 N–H and O–H groups in total. The van der Waals surface area contributed by atoms with Gasteiger partial charge in [-0.1, -0.05) is 72.9 Å². The normalized spacial score (nSPS) is 13.0. The van der Waals surface area contributed by atoms with Crippen LogP contribution in [0.5, 0.6) is 0 Å². The summed E-state index contributed by atoms with van der Waals surface area (Å²) in [6, 6.07) is 20.5. The molecule has 2 heterocycles. The standard InChI is InChI=1S/C25H17F2N3OS/c1-15(18-10-11-20(21(27)14-18)17-7-3-2-4-8-17)23-28-25-30(29-23)24(31)22(32-25)13-16-6-5-9-19(26)12-16/h2-15H,1H3/b22-13-. The van der Waals surface area contributed by atoms with E-state index < -0.39 is 0 Å². The first kappa shape index (κ1) is 20.2. The summed E-state index contributed by atoms with van der Waals surface area (Å²) in [7, 11) is 0. The summed E-state index contributed by atoms with van der Waals surface area (Å²) in [6.45, 7) is 1.88. The highest BCUT2D eigenvalue weighted by Gasteiger charge is 2.19. The second-order valence-electron chi connectivity index (χ2n) is 7.46. The van der Waals surface area contributed by atoms with Crippen molar-refractivity contribution in [3.8, 4) is 11.1 Å². The van der Waals surface area contributed by atoms with Crippen LogP contribution in [0.1, 0.15) is 29.8 Å². The molecule has 1 unspecified atom stereocenters. The number of rotatable bonds is 4. The summed E-state index contributed by atoms with van der Waals surface area (Å²) in [5.74, 6) is -0.542. The first-order valence-electron chi connectivity index (χ1n) is 10.0. The number of benzene rings is 3. The van der Waals surface area contributed by atoms with Gasteiger partial charge >= 0.3 is 0 Å². The minimum Gasteiger partial charge on any atom is -0.266 e. The van der Waals surface area contributed by atoms with Gasteiger partial charge in [-0.2, -0.15) is 4.52 Å². The zero-order valence-electron chi connectivity index (χ0n) is 17.0. The Morgan fingerprint density at radius 3 is 2.53 bits per heavy atom. The van der Waals surface area contributed by atoms with Crippen LogP contribution in [-0.2, 0) is 0 Å². The summed E-state index contributed by atoms with van der Waals surface area (Å²) in [5, 5.41) is 4.37. The third-order valence-corrected chi connectivity index (χ3v) is 6.27. The average molecular weight is 445 g/mol. The lowest BCUT2D eigenvalue weighted by Crippen LogP contribution is -2.24. The van der Waals surface area contributed by atoms with E-state index in [0.717, 1.165) is 11.1 Å². The summed E-state index contributed by atoms with van der Waals surface area (Å²) in [4.78, 5) is 17.7. The Morgan fingerprint density at radius 2 is 1.81 bits per heavy atom. The van der Waals surface area contributed by atoms with E-state index in [1.165, 1.54) is 34.1 Å². The lowest BCUT2D eigenvalue weighted by Gasteiger charge is -2.10. The maximum absolute atomic E-state index is 14.8. The number of aromatic nitrogens is 3. The summed E-state index contributed by atoms with van der Waals surface area (Å²) >= 11 is 1.19. The first-order chi connectivity index (χ1) is 15.5. The molecule has 7 heteroatoms. The molecule has 0 spiro atoms. The average Bonchev–Trinajstić information content (AvgIpc) is 3.33. The predicted octanol–water partition coefficient (Wildman–Crippen LogP) is 4.80. The fourth-order valence-corrected chi connectivity index (χ4v) is 4.50. The van der Waals surface area contributed by atoms with Gasteiger partial charge in [-0.15, -0.1) is 5.10 Å². The van der Waals surface area contributed by atoms with Crippen molar-refractivity contribution < 1.29 is 8.78 Å². The zero-order valence-corrected chi connectivity index (χ0v) is 17.8. The third-order valence-electron chi connectivity index (χ3n) is 5.31. The van der Waals surface area contributed by atoms with Gasteiger partial charge in [0, 0.05) is 11.5 Å². The number of halogens is 2. The quantitative estimate of drug-likeness (QED) is 0.399. The first-order valence-corrected chi connectivity index (χ1v) is 10.8. The Morgan fingerprint density at radius 1 is 1.00 bits per heavy atom. The number of fused-ring (bicyclic) bond motifs is 1. The van der Waals surface area contributed by atoms with E-state index in [4.69, 9.17) is 0 Å². The molecule has 0 bridgehead atoms. The van der Waals surface area contributed by atoms with Crippen molar-refractivity contribution in [1.82, 2.24) is 14.6 Å². The SMILES string of the molecule is CC(c1ccc(-c2ccccc2)c(F)c1)c1nc2s/c(=C\c3cccc(F)c3)c(=O)n2n1. The van der Waals surface area contributed by atoms with Gasteiger partial charge in [0.2, 0.25) is 4.96 Å². The smallest absolute Gasteiger partial charge is 0.266 e. The van der Waals surface area contributed by atoms with Crippen LogP contribution in [0.15, 0.2) is 77.6 Å². The Balaban J connectivity index is 1.48. The number of nitrogens with zero attached hydrogens (tertiary/aromatic N) is 3. The molecule has 0 aliphatic heterocycles. The van der Waals surface area contributed by atoms with E-state index in [9.17, 15) is 13.6 Å². The summed E-state index contributed by atoms with van der Waals surface area (Å²) in [5.41, 5.74) is 2.34. The minimum absolute atomic E-state index is 0.295. The fourth-order valence-electron chi connectivity index (χ4n) is 3.58. The van der Waals surface area contributed by atoms with Crippen LogP contribution in [0.25, 0.3) is 22.2 Å². The molecule has 0 aliphatic carbocycles. The van der Waals surface area contributed by atoms with Crippen LogP contribution in [0.2, 0.25) is 0 Å². The molecule has 3 aromatic carbocycles. The van der Waals surface area contributed by atoms with Gasteiger partial charge in [0.05, 0.1) is 4.53 Å². The molecule has 5 rings (SSSR count). The second kappa shape index (κ2) is 8.09. The molecule has 2 aromatic heterocycles. The second-order valence-corrected chi connectivity index (χ2v) is 8.47. The lowest BCUT2D eigenvalue weighted by atomic mass is 9.96. The van der Waals surface area contributed by atoms with Crippen molar-refractivity contribution in [3.05, 3.63) is 116 Å². The molecule has 0 aliphatic rings. The Kier molecular flexibility index (Phi) is 5.11. The maximum Gasteiger partial charge on any atom is 0.291 e. The third kappa shape index (κ3) is 3.71. The van der Waals surface area contributed by atoms with Crippen molar-refractivity contribution >= 4 is 22.4 Å². The number of thiazole rings is 1. The fraction of sp³-hybridized carbons (Fsp3) is 0.0800. The molecule has 0 fully saturated rings. The molecule has 0 saturated carbocycles. The van der Waals surface area contributed by atoms with Crippen LogP contribution >= 0.6 is 11.3 Å². The highest BCUT2D eigenvalue weighted by atomic mass is 32.1. The van der Waals surface area contributed by atoms with E-state index in [0.29, 0.717) is 26.4 Å². The Labute approximate surface area is 186 Å². The van der Waals surface area contributed by atoms with E-state index >= 15 is 0 Å². The topological polar surface area (TPSA) is 47.3 Å². The molecule has 4 nitrogen and oxygen atoms in total. The zero-order chi connectivity index (χ0) is 22.2. The molecule has 5 aromatic rings. The van der Waals surface area contributed by atoms with Gasteiger partial charge in [-0.3, -0.25) is 4.79 Å². The largest absolute Gasteiger partial charge is 0.291 e. The van der Waals surface area contributed by atoms with Gasteiger partial charge in [0.15, 0.2) is 5.82 Å². The van der Waals surface area contributed by atoms with Gasteiger partial charge in [-0.05, 0) is 41.0 Å². The van der Waals surface area contributed by atoms with Crippen LogP contribution in [0.4, 0.5) is 8.78 Å². The monoisotopic (exact) mass is 445 g/mol. The summed E-state index contributed by atoms with van der Waals surface area (Å²) < 4.78 is 29.9. The van der Waals surface area contributed by atoms with Crippen LogP contribution < -0.4 is 10.1 Å².